The normalized spacial score (nSPS) is 31.5. The summed E-state index contributed by atoms with van der Waals surface area (Å²) in [6, 6.07) is 3.44. The molecule has 21 heavy (non-hydrogen) atoms. The number of nitrogens with two attached hydrogens (primary N) is 1. The molecular formula is C16H20F2N2O. The smallest absolute Gasteiger partial charge is 0.226 e. The zero-order valence-electron chi connectivity index (χ0n) is 12.1. The Morgan fingerprint density at radius 1 is 1.48 bits per heavy atom. The SMILES string of the molecule is CC1(CN)CCN(C(=O)C2CC2c2cc(F)ccc2F)C1. The predicted octanol–water partition coefficient (Wildman–Crippen LogP) is 2.27. The lowest BCUT2D eigenvalue weighted by Gasteiger charge is -2.22. The fourth-order valence-electron chi connectivity index (χ4n) is 3.22. The Morgan fingerprint density at radius 2 is 2.24 bits per heavy atom. The fourth-order valence-corrected chi connectivity index (χ4v) is 3.22. The van der Waals surface area contributed by atoms with Crippen molar-refractivity contribution in [1.29, 1.82) is 0 Å². The van der Waals surface area contributed by atoms with Gasteiger partial charge in [0, 0.05) is 19.0 Å². The van der Waals surface area contributed by atoms with E-state index in [9.17, 15) is 13.6 Å². The van der Waals surface area contributed by atoms with Crippen LogP contribution in [0, 0.1) is 23.0 Å². The van der Waals surface area contributed by atoms with E-state index in [1.807, 2.05) is 4.90 Å². The molecule has 1 saturated carbocycles. The number of nitrogens with zero attached hydrogens (tertiary/aromatic N) is 1. The zero-order chi connectivity index (χ0) is 15.2. The number of likely N-dealkylation sites (tertiary alicyclic amines) is 1. The molecule has 0 bridgehead atoms. The summed E-state index contributed by atoms with van der Waals surface area (Å²) in [5, 5.41) is 0. The van der Waals surface area contributed by atoms with E-state index in [1.165, 1.54) is 6.07 Å². The lowest BCUT2D eigenvalue weighted by molar-refractivity contribution is -0.132. The summed E-state index contributed by atoms with van der Waals surface area (Å²) in [6.07, 6.45) is 1.51. The van der Waals surface area contributed by atoms with Gasteiger partial charge < -0.3 is 10.6 Å². The Morgan fingerprint density at radius 3 is 2.90 bits per heavy atom. The van der Waals surface area contributed by atoms with Crippen LogP contribution in [0.25, 0.3) is 0 Å². The summed E-state index contributed by atoms with van der Waals surface area (Å²) in [6.45, 7) is 4.01. The number of hydrogen-bond donors (Lipinski definition) is 1. The van der Waals surface area contributed by atoms with Crippen LogP contribution in [0.5, 0.6) is 0 Å². The molecule has 1 aliphatic heterocycles. The van der Waals surface area contributed by atoms with Gasteiger partial charge in [0.15, 0.2) is 0 Å². The molecule has 1 aromatic rings. The molecule has 3 atom stereocenters. The Hall–Kier alpha value is -1.49. The summed E-state index contributed by atoms with van der Waals surface area (Å²) < 4.78 is 27.0. The van der Waals surface area contributed by atoms with E-state index in [0.717, 1.165) is 18.6 Å². The van der Waals surface area contributed by atoms with E-state index in [4.69, 9.17) is 5.73 Å². The van der Waals surface area contributed by atoms with Crippen LogP contribution in [0.1, 0.15) is 31.2 Å². The second-order valence-corrected chi connectivity index (χ2v) is 6.64. The molecule has 3 unspecified atom stereocenters. The Bertz CT molecular complexity index is 577. The summed E-state index contributed by atoms with van der Waals surface area (Å²) >= 11 is 0. The van der Waals surface area contributed by atoms with Crippen LogP contribution in [0.4, 0.5) is 8.78 Å². The molecular weight excluding hydrogens is 274 g/mol. The predicted molar refractivity (Wildman–Crippen MR) is 75.6 cm³/mol. The third kappa shape index (κ3) is 2.67. The highest BCUT2D eigenvalue weighted by molar-refractivity contribution is 5.83. The topological polar surface area (TPSA) is 46.3 Å². The van der Waals surface area contributed by atoms with Crippen LogP contribution in [-0.2, 0) is 4.79 Å². The van der Waals surface area contributed by atoms with Crippen molar-refractivity contribution in [2.24, 2.45) is 17.1 Å². The molecule has 1 aliphatic carbocycles. The monoisotopic (exact) mass is 294 g/mol. The van der Waals surface area contributed by atoms with Gasteiger partial charge in [-0.05, 0) is 54.5 Å². The Kier molecular flexibility index (Phi) is 3.48. The molecule has 1 amide bonds. The molecule has 5 heteroatoms. The van der Waals surface area contributed by atoms with Gasteiger partial charge in [-0.2, -0.15) is 0 Å². The van der Waals surface area contributed by atoms with Crippen molar-refractivity contribution in [3.63, 3.8) is 0 Å². The van der Waals surface area contributed by atoms with Crippen molar-refractivity contribution in [2.75, 3.05) is 19.6 Å². The average molecular weight is 294 g/mol. The van der Waals surface area contributed by atoms with E-state index in [1.54, 1.807) is 0 Å². The number of hydrogen-bond acceptors (Lipinski definition) is 2. The van der Waals surface area contributed by atoms with E-state index < -0.39 is 11.6 Å². The Labute approximate surface area is 123 Å². The zero-order valence-corrected chi connectivity index (χ0v) is 12.1. The Balaban J connectivity index is 1.68. The first-order valence-electron chi connectivity index (χ1n) is 7.37. The van der Waals surface area contributed by atoms with E-state index in [-0.39, 0.29) is 23.2 Å². The third-order valence-corrected chi connectivity index (χ3v) is 4.83. The van der Waals surface area contributed by atoms with Gasteiger partial charge in [-0.3, -0.25) is 4.79 Å². The number of carbonyl (C=O) groups is 1. The minimum atomic E-state index is -0.457. The second kappa shape index (κ2) is 5.05. The van der Waals surface area contributed by atoms with Crippen LogP contribution in [-0.4, -0.2) is 30.4 Å². The van der Waals surface area contributed by atoms with Gasteiger partial charge in [0.2, 0.25) is 5.91 Å². The number of halogens is 2. The summed E-state index contributed by atoms with van der Waals surface area (Å²) in [4.78, 5) is 14.3. The summed E-state index contributed by atoms with van der Waals surface area (Å²) in [5.74, 6) is -1.22. The van der Waals surface area contributed by atoms with Crippen LogP contribution in [0.2, 0.25) is 0 Å². The van der Waals surface area contributed by atoms with Gasteiger partial charge in [0.05, 0.1) is 0 Å². The highest BCUT2D eigenvalue weighted by Gasteiger charge is 2.49. The number of carbonyl (C=O) groups excluding carboxylic acids is 1. The van der Waals surface area contributed by atoms with Gasteiger partial charge >= 0.3 is 0 Å². The largest absolute Gasteiger partial charge is 0.342 e. The van der Waals surface area contributed by atoms with E-state index in [0.29, 0.717) is 31.6 Å². The summed E-state index contributed by atoms with van der Waals surface area (Å²) in [5.41, 5.74) is 6.07. The van der Waals surface area contributed by atoms with Crippen molar-refractivity contribution in [3.05, 3.63) is 35.4 Å². The van der Waals surface area contributed by atoms with E-state index >= 15 is 0 Å². The maximum absolute atomic E-state index is 13.7. The van der Waals surface area contributed by atoms with Crippen LogP contribution >= 0.6 is 0 Å². The van der Waals surface area contributed by atoms with Gasteiger partial charge in [-0.25, -0.2) is 8.78 Å². The minimum absolute atomic E-state index is 0.00977. The van der Waals surface area contributed by atoms with Crippen LogP contribution < -0.4 is 5.73 Å². The van der Waals surface area contributed by atoms with Crippen molar-refractivity contribution in [2.45, 2.75) is 25.7 Å². The van der Waals surface area contributed by atoms with Crippen LogP contribution in [0.15, 0.2) is 18.2 Å². The molecule has 0 aromatic heterocycles. The molecule has 114 valence electrons. The van der Waals surface area contributed by atoms with Crippen LogP contribution in [0.3, 0.4) is 0 Å². The first kappa shape index (κ1) is 14.4. The minimum Gasteiger partial charge on any atom is -0.342 e. The third-order valence-electron chi connectivity index (χ3n) is 4.83. The van der Waals surface area contributed by atoms with Crippen molar-refractivity contribution in [1.82, 2.24) is 4.90 Å². The van der Waals surface area contributed by atoms with Gasteiger partial charge in [-0.1, -0.05) is 6.92 Å². The molecule has 2 aliphatic rings. The molecule has 3 nitrogen and oxygen atoms in total. The van der Waals surface area contributed by atoms with Gasteiger partial charge in [-0.15, -0.1) is 0 Å². The maximum Gasteiger partial charge on any atom is 0.226 e. The average Bonchev–Trinajstić information content (AvgIpc) is 3.16. The summed E-state index contributed by atoms with van der Waals surface area (Å²) in [7, 11) is 0. The number of rotatable bonds is 3. The molecule has 0 radical (unpaired) electrons. The van der Waals surface area contributed by atoms with Crippen molar-refractivity contribution < 1.29 is 13.6 Å². The first-order valence-corrected chi connectivity index (χ1v) is 7.37. The van der Waals surface area contributed by atoms with E-state index in [2.05, 4.69) is 6.92 Å². The second-order valence-electron chi connectivity index (χ2n) is 6.64. The van der Waals surface area contributed by atoms with Crippen molar-refractivity contribution >= 4 is 5.91 Å². The molecule has 2 fully saturated rings. The van der Waals surface area contributed by atoms with Crippen molar-refractivity contribution in [3.8, 4) is 0 Å². The molecule has 1 aromatic carbocycles. The molecule has 1 saturated heterocycles. The standard InChI is InChI=1S/C16H20F2N2O/c1-16(8-19)4-5-20(9-16)15(21)13-7-11(13)12-6-10(17)2-3-14(12)18/h2-3,6,11,13H,4-5,7-9,19H2,1H3. The highest BCUT2D eigenvalue weighted by Crippen LogP contribution is 2.50. The molecule has 3 rings (SSSR count). The van der Waals surface area contributed by atoms with Gasteiger partial charge in [0.25, 0.3) is 0 Å². The quantitative estimate of drug-likeness (QED) is 0.929. The number of benzene rings is 1. The molecule has 2 N–H and O–H groups in total. The maximum atomic E-state index is 13.7. The number of amides is 1. The molecule has 0 spiro atoms. The first-order chi connectivity index (χ1) is 9.93. The lowest BCUT2D eigenvalue weighted by atomic mass is 9.90. The fraction of sp³-hybridized carbons (Fsp3) is 0.562. The van der Waals surface area contributed by atoms with Gasteiger partial charge in [0.1, 0.15) is 11.6 Å². The highest BCUT2D eigenvalue weighted by atomic mass is 19.1. The lowest BCUT2D eigenvalue weighted by Crippen LogP contribution is -2.35. The molecule has 1 heterocycles.